The van der Waals surface area contributed by atoms with Gasteiger partial charge in [0, 0.05) is 25.0 Å². The fraction of sp³-hybridized carbons (Fsp3) is 0.615. The van der Waals surface area contributed by atoms with Crippen LogP contribution in [0, 0.1) is 5.92 Å². The van der Waals surface area contributed by atoms with Gasteiger partial charge in [0.05, 0.1) is 0 Å². The van der Waals surface area contributed by atoms with Gasteiger partial charge in [-0.05, 0) is 42.4 Å². The van der Waals surface area contributed by atoms with Crippen LogP contribution in [-0.4, -0.2) is 17.6 Å². The Morgan fingerprint density at radius 2 is 2.00 bits per heavy atom. The maximum absolute atomic E-state index is 4.07. The minimum atomic E-state index is 0.619. The van der Waals surface area contributed by atoms with Crippen molar-refractivity contribution in [2.24, 2.45) is 5.92 Å². The molecule has 0 spiro atoms. The first-order valence-corrected chi connectivity index (χ1v) is 5.90. The zero-order valence-electron chi connectivity index (χ0n) is 9.61. The first-order chi connectivity index (χ1) is 7.27. The van der Waals surface area contributed by atoms with Crippen LogP contribution in [0.3, 0.4) is 0 Å². The van der Waals surface area contributed by atoms with Crippen LogP contribution in [0.4, 0.5) is 0 Å². The van der Waals surface area contributed by atoms with E-state index in [1.165, 1.54) is 18.4 Å². The number of aromatic nitrogens is 1. The first kappa shape index (κ1) is 10.6. The third-order valence-corrected chi connectivity index (χ3v) is 3.14. The summed E-state index contributed by atoms with van der Waals surface area (Å²) in [6.07, 6.45) is 6.51. The Kier molecular flexibility index (Phi) is 3.37. The predicted molar refractivity (Wildman–Crippen MR) is 62.8 cm³/mol. The molecule has 0 radical (unpaired) electrons. The van der Waals surface area contributed by atoms with E-state index >= 15 is 0 Å². The second kappa shape index (κ2) is 4.75. The van der Waals surface area contributed by atoms with Gasteiger partial charge in [0.1, 0.15) is 0 Å². The Hall–Kier alpha value is -0.890. The maximum atomic E-state index is 4.07. The van der Waals surface area contributed by atoms with Gasteiger partial charge in [-0.2, -0.15) is 0 Å². The van der Waals surface area contributed by atoms with E-state index in [1.54, 1.807) is 0 Å². The number of hydrogen-bond acceptors (Lipinski definition) is 2. The number of nitrogens with zero attached hydrogens (tertiary/aromatic N) is 1. The molecule has 0 aliphatic heterocycles. The second-order valence-corrected chi connectivity index (χ2v) is 4.81. The van der Waals surface area contributed by atoms with Gasteiger partial charge in [0.15, 0.2) is 0 Å². The van der Waals surface area contributed by atoms with Crippen molar-refractivity contribution in [1.82, 2.24) is 10.3 Å². The molecule has 0 bridgehead atoms. The molecule has 1 aromatic heterocycles. The molecule has 1 fully saturated rings. The van der Waals surface area contributed by atoms with Crippen LogP contribution in [0.25, 0.3) is 0 Å². The largest absolute Gasteiger partial charge is 0.313 e. The summed E-state index contributed by atoms with van der Waals surface area (Å²) in [6, 6.07) is 5.08. The molecule has 1 atom stereocenters. The lowest BCUT2D eigenvalue weighted by molar-refractivity contribution is 0.460. The quantitative estimate of drug-likeness (QED) is 0.797. The van der Waals surface area contributed by atoms with E-state index < -0.39 is 0 Å². The maximum Gasteiger partial charge on any atom is 0.0270 e. The highest BCUT2D eigenvalue weighted by Gasteiger charge is 2.23. The first-order valence-electron chi connectivity index (χ1n) is 5.90. The highest BCUT2D eigenvalue weighted by Crippen LogP contribution is 2.25. The lowest BCUT2D eigenvalue weighted by Gasteiger charge is -2.21. The molecular weight excluding hydrogens is 184 g/mol. The Balaban J connectivity index is 1.98. The molecular formula is C13H20N2. The van der Waals surface area contributed by atoms with Gasteiger partial charge in [-0.25, -0.2) is 0 Å². The van der Waals surface area contributed by atoms with Crippen molar-refractivity contribution < 1.29 is 0 Å². The molecule has 1 aromatic rings. The Labute approximate surface area is 92.1 Å². The van der Waals surface area contributed by atoms with Crippen molar-refractivity contribution in [3.63, 3.8) is 0 Å². The van der Waals surface area contributed by atoms with E-state index in [2.05, 4.69) is 36.3 Å². The minimum Gasteiger partial charge on any atom is -0.313 e. The van der Waals surface area contributed by atoms with Gasteiger partial charge in [0.2, 0.25) is 0 Å². The molecule has 1 heterocycles. The summed E-state index contributed by atoms with van der Waals surface area (Å²) in [5.41, 5.74) is 1.41. The van der Waals surface area contributed by atoms with Crippen LogP contribution in [-0.2, 0) is 0 Å². The molecule has 82 valence electrons. The molecule has 1 N–H and O–H groups in total. The molecule has 1 aliphatic rings. The molecule has 15 heavy (non-hydrogen) atoms. The van der Waals surface area contributed by atoms with Gasteiger partial charge >= 0.3 is 0 Å². The van der Waals surface area contributed by atoms with E-state index in [4.69, 9.17) is 0 Å². The Bertz CT molecular complexity index is 291. The van der Waals surface area contributed by atoms with Gasteiger partial charge in [-0.15, -0.1) is 0 Å². The van der Waals surface area contributed by atoms with Crippen LogP contribution in [0.15, 0.2) is 24.5 Å². The summed E-state index contributed by atoms with van der Waals surface area (Å²) >= 11 is 0. The summed E-state index contributed by atoms with van der Waals surface area (Å²) < 4.78 is 0. The van der Waals surface area contributed by atoms with Crippen LogP contribution >= 0.6 is 0 Å². The number of nitrogens with one attached hydrogen (secondary N) is 1. The van der Waals surface area contributed by atoms with Gasteiger partial charge in [-0.3, -0.25) is 4.98 Å². The summed E-state index contributed by atoms with van der Waals surface area (Å²) in [5.74, 6) is 1.30. The van der Waals surface area contributed by atoms with E-state index in [1.807, 2.05) is 12.4 Å². The van der Waals surface area contributed by atoms with E-state index in [-0.39, 0.29) is 0 Å². The van der Waals surface area contributed by atoms with Crippen LogP contribution in [0.2, 0.25) is 0 Å². The summed E-state index contributed by atoms with van der Waals surface area (Å²) in [6.45, 7) is 5.69. The molecule has 0 amide bonds. The van der Waals surface area contributed by atoms with Gasteiger partial charge < -0.3 is 5.32 Å². The van der Waals surface area contributed by atoms with E-state index in [0.717, 1.165) is 12.6 Å². The molecule has 1 saturated carbocycles. The highest BCUT2D eigenvalue weighted by molar-refractivity contribution is 5.17. The van der Waals surface area contributed by atoms with Crippen molar-refractivity contribution in [2.45, 2.75) is 38.6 Å². The zero-order valence-corrected chi connectivity index (χ0v) is 9.61. The normalized spacial score (nSPS) is 18.1. The monoisotopic (exact) mass is 204 g/mol. The fourth-order valence-electron chi connectivity index (χ4n) is 1.93. The zero-order chi connectivity index (χ0) is 10.7. The number of hydrogen-bond donors (Lipinski definition) is 1. The average molecular weight is 204 g/mol. The van der Waals surface area contributed by atoms with Crippen molar-refractivity contribution >= 4 is 0 Å². The summed E-state index contributed by atoms with van der Waals surface area (Å²) in [4.78, 5) is 4.07. The standard InChI is InChI=1S/C13H20N2/c1-10(2)13(9-15-12-3-4-12)11-5-7-14-8-6-11/h5-8,10,12-13,15H,3-4,9H2,1-2H3. The molecule has 0 aromatic carbocycles. The van der Waals surface area contributed by atoms with Crippen molar-refractivity contribution in [3.05, 3.63) is 30.1 Å². The number of rotatable bonds is 5. The van der Waals surface area contributed by atoms with Crippen LogP contribution in [0.1, 0.15) is 38.2 Å². The Morgan fingerprint density at radius 1 is 1.33 bits per heavy atom. The van der Waals surface area contributed by atoms with Crippen molar-refractivity contribution in [3.8, 4) is 0 Å². The number of pyridine rings is 1. The average Bonchev–Trinajstić information content (AvgIpc) is 3.03. The molecule has 2 rings (SSSR count). The third-order valence-electron chi connectivity index (χ3n) is 3.14. The van der Waals surface area contributed by atoms with E-state index in [0.29, 0.717) is 11.8 Å². The van der Waals surface area contributed by atoms with Crippen LogP contribution in [0.5, 0.6) is 0 Å². The second-order valence-electron chi connectivity index (χ2n) is 4.81. The molecule has 1 unspecified atom stereocenters. The highest BCUT2D eigenvalue weighted by atomic mass is 14.9. The van der Waals surface area contributed by atoms with Gasteiger partial charge in [0.25, 0.3) is 0 Å². The smallest absolute Gasteiger partial charge is 0.0270 e. The van der Waals surface area contributed by atoms with Crippen LogP contribution < -0.4 is 5.32 Å². The predicted octanol–water partition coefficient (Wildman–Crippen LogP) is 2.57. The molecule has 0 saturated heterocycles. The summed E-state index contributed by atoms with van der Waals surface area (Å²) in [5, 5.41) is 3.62. The van der Waals surface area contributed by atoms with Crippen molar-refractivity contribution in [1.29, 1.82) is 0 Å². The summed E-state index contributed by atoms with van der Waals surface area (Å²) in [7, 11) is 0. The molecule has 2 heteroatoms. The molecule has 2 nitrogen and oxygen atoms in total. The lowest BCUT2D eigenvalue weighted by Crippen LogP contribution is -2.26. The SMILES string of the molecule is CC(C)C(CNC1CC1)c1ccncc1. The molecule has 1 aliphatic carbocycles. The van der Waals surface area contributed by atoms with E-state index in [9.17, 15) is 0 Å². The van der Waals surface area contributed by atoms with Crippen molar-refractivity contribution in [2.75, 3.05) is 6.54 Å². The Morgan fingerprint density at radius 3 is 2.53 bits per heavy atom. The lowest BCUT2D eigenvalue weighted by atomic mass is 9.89. The third kappa shape index (κ3) is 3.03. The topological polar surface area (TPSA) is 24.9 Å². The fourth-order valence-corrected chi connectivity index (χ4v) is 1.93. The minimum absolute atomic E-state index is 0.619. The van der Waals surface area contributed by atoms with Gasteiger partial charge in [-0.1, -0.05) is 13.8 Å².